The number of nitrogens with zero attached hydrogens (tertiary/aromatic N) is 4. The van der Waals surface area contributed by atoms with E-state index in [-0.39, 0.29) is 36.4 Å². The van der Waals surface area contributed by atoms with Crippen LogP contribution in [-0.4, -0.2) is 56.8 Å². The first kappa shape index (κ1) is 26.9. The number of anilines is 3. The van der Waals surface area contributed by atoms with Crippen LogP contribution < -0.4 is 16.4 Å². The van der Waals surface area contributed by atoms with Gasteiger partial charge in [0.25, 0.3) is 0 Å². The summed E-state index contributed by atoms with van der Waals surface area (Å²) in [5.41, 5.74) is 8.46. The molecule has 39 heavy (non-hydrogen) atoms. The highest BCUT2D eigenvalue weighted by atomic mass is 16.5. The van der Waals surface area contributed by atoms with Crippen molar-refractivity contribution in [3.8, 4) is 0 Å². The van der Waals surface area contributed by atoms with Crippen LogP contribution in [0, 0.1) is 0 Å². The minimum atomic E-state index is -0.525. The highest BCUT2D eigenvalue weighted by molar-refractivity contribution is 5.98. The summed E-state index contributed by atoms with van der Waals surface area (Å²) < 4.78 is 12.5. The summed E-state index contributed by atoms with van der Waals surface area (Å²) in [6.07, 6.45) is 10.2. The summed E-state index contributed by atoms with van der Waals surface area (Å²) in [4.78, 5) is 39.5. The first-order chi connectivity index (χ1) is 18.9. The van der Waals surface area contributed by atoms with Gasteiger partial charge in [0.15, 0.2) is 17.0 Å². The van der Waals surface area contributed by atoms with Gasteiger partial charge in [0, 0.05) is 23.8 Å². The highest BCUT2D eigenvalue weighted by Crippen LogP contribution is 2.34. The lowest BCUT2D eigenvalue weighted by Gasteiger charge is -2.27. The van der Waals surface area contributed by atoms with Crippen molar-refractivity contribution in [2.75, 3.05) is 23.8 Å². The van der Waals surface area contributed by atoms with Crippen molar-refractivity contribution in [3.05, 3.63) is 35.7 Å². The molecule has 0 bridgehead atoms. The average molecular weight is 536 g/mol. The number of aromatic nitrogens is 4. The Hall–Kier alpha value is -3.73. The maximum Gasteiger partial charge on any atom is 0.338 e. The van der Waals surface area contributed by atoms with Crippen molar-refractivity contribution >= 4 is 40.6 Å². The summed E-state index contributed by atoms with van der Waals surface area (Å²) in [6, 6.07) is 5.58. The number of imidazole rings is 1. The van der Waals surface area contributed by atoms with Gasteiger partial charge in [0.1, 0.15) is 0 Å². The Labute approximate surface area is 227 Å². The van der Waals surface area contributed by atoms with E-state index in [0.717, 1.165) is 44.2 Å². The molecule has 2 aliphatic carbocycles. The summed E-state index contributed by atoms with van der Waals surface area (Å²) in [5, 5.41) is 6.82. The Morgan fingerprint density at radius 3 is 2.21 bits per heavy atom. The summed E-state index contributed by atoms with van der Waals surface area (Å²) in [6.45, 7) is 3.91. The zero-order chi connectivity index (χ0) is 27.4. The van der Waals surface area contributed by atoms with Gasteiger partial charge in [-0.25, -0.2) is 14.6 Å². The molecule has 0 amide bonds. The van der Waals surface area contributed by atoms with E-state index in [9.17, 15) is 9.59 Å². The Balaban J connectivity index is 1.53. The topological polar surface area (TPSA) is 146 Å². The van der Waals surface area contributed by atoms with E-state index in [1.54, 1.807) is 26.0 Å². The Morgan fingerprint density at radius 2 is 1.59 bits per heavy atom. The third-order valence-corrected chi connectivity index (χ3v) is 7.46. The number of benzene rings is 1. The number of fused-ring (bicyclic) bond motifs is 1. The van der Waals surface area contributed by atoms with Gasteiger partial charge < -0.3 is 30.4 Å². The number of carbonyl (C=O) groups is 2. The maximum atomic E-state index is 12.6. The van der Waals surface area contributed by atoms with Crippen LogP contribution >= 0.6 is 0 Å². The van der Waals surface area contributed by atoms with Crippen LogP contribution in [0.15, 0.2) is 24.5 Å². The average Bonchev–Trinajstić information content (AvgIpc) is 3.60. The van der Waals surface area contributed by atoms with Gasteiger partial charge in [-0.2, -0.15) is 9.97 Å². The molecule has 0 unspecified atom stereocenters. The SMILES string of the molecule is CCOC(=O)c1cc(Nc2nc(N[C@H]3CC[C@H](N)CC3)nc3c2ncn3C2CCCC2)cc(C(=O)OCC)c1. The lowest BCUT2D eigenvalue weighted by atomic mass is 9.92. The van der Waals surface area contributed by atoms with Crippen molar-refractivity contribution in [1.29, 1.82) is 0 Å². The molecule has 2 saturated carbocycles. The van der Waals surface area contributed by atoms with E-state index in [2.05, 4.69) is 20.2 Å². The fourth-order valence-corrected chi connectivity index (χ4v) is 5.47. The number of nitrogens with two attached hydrogens (primary N) is 1. The molecule has 0 saturated heterocycles. The third kappa shape index (κ3) is 6.13. The summed E-state index contributed by atoms with van der Waals surface area (Å²) in [5.74, 6) is -0.0502. The fourth-order valence-electron chi connectivity index (χ4n) is 5.47. The lowest BCUT2D eigenvalue weighted by molar-refractivity contribution is 0.0525. The number of esters is 2. The van der Waals surface area contributed by atoms with E-state index < -0.39 is 11.9 Å². The molecule has 2 aromatic heterocycles. The van der Waals surface area contributed by atoms with Crippen molar-refractivity contribution in [1.82, 2.24) is 19.5 Å². The molecular formula is C28H37N7O4. The largest absolute Gasteiger partial charge is 0.462 e. The molecule has 0 spiro atoms. The lowest BCUT2D eigenvalue weighted by Crippen LogP contribution is -2.33. The molecule has 4 N–H and O–H groups in total. The van der Waals surface area contributed by atoms with Crippen LogP contribution in [0.3, 0.4) is 0 Å². The zero-order valence-corrected chi connectivity index (χ0v) is 22.6. The molecule has 2 heterocycles. The molecule has 11 heteroatoms. The molecule has 2 fully saturated rings. The van der Waals surface area contributed by atoms with Crippen LogP contribution in [0.1, 0.15) is 92.0 Å². The number of carbonyl (C=O) groups excluding carboxylic acids is 2. The minimum absolute atomic E-state index is 0.220. The number of hydrogen-bond acceptors (Lipinski definition) is 10. The molecule has 1 aromatic carbocycles. The second kappa shape index (κ2) is 12.0. The molecule has 2 aliphatic rings. The van der Waals surface area contributed by atoms with Gasteiger partial charge in [-0.3, -0.25) is 0 Å². The van der Waals surface area contributed by atoms with Gasteiger partial charge in [-0.1, -0.05) is 12.8 Å². The number of rotatable bonds is 9. The van der Waals surface area contributed by atoms with E-state index in [0.29, 0.717) is 29.0 Å². The predicted molar refractivity (Wildman–Crippen MR) is 148 cm³/mol. The monoisotopic (exact) mass is 535 g/mol. The molecule has 0 atom stereocenters. The molecule has 0 radical (unpaired) electrons. The highest BCUT2D eigenvalue weighted by Gasteiger charge is 2.24. The first-order valence-electron chi connectivity index (χ1n) is 14.0. The first-order valence-corrected chi connectivity index (χ1v) is 14.0. The Morgan fingerprint density at radius 1 is 0.949 bits per heavy atom. The van der Waals surface area contributed by atoms with Crippen molar-refractivity contribution < 1.29 is 19.1 Å². The van der Waals surface area contributed by atoms with E-state index in [4.69, 9.17) is 25.2 Å². The number of nitrogens with one attached hydrogen (secondary N) is 2. The predicted octanol–water partition coefficient (Wildman–Crippen LogP) is 4.72. The van der Waals surface area contributed by atoms with Crippen LogP contribution in [-0.2, 0) is 9.47 Å². The normalized spacial score (nSPS) is 19.7. The van der Waals surface area contributed by atoms with Crippen molar-refractivity contribution in [2.45, 2.75) is 83.3 Å². The molecule has 3 aromatic rings. The molecule has 0 aliphatic heterocycles. The molecule has 11 nitrogen and oxygen atoms in total. The minimum Gasteiger partial charge on any atom is -0.462 e. The maximum absolute atomic E-state index is 12.6. The standard InChI is InChI=1S/C28H37N7O4/c1-3-38-26(36)17-13-18(27(37)39-4-2)15-21(14-17)31-24-23-25(35(16-30-23)22-7-5-6-8-22)34-28(33-24)32-20-11-9-19(29)10-12-20/h13-16,19-20,22H,3-12,29H2,1-2H3,(H2,31,32,33,34)/t19-,20-. The van der Waals surface area contributed by atoms with Gasteiger partial charge in [-0.05, 0) is 70.6 Å². The van der Waals surface area contributed by atoms with Gasteiger partial charge in [0.05, 0.1) is 30.7 Å². The zero-order valence-electron chi connectivity index (χ0n) is 22.6. The number of hydrogen-bond donors (Lipinski definition) is 3. The van der Waals surface area contributed by atoms with E-state index in [1.807, 2.05) is 6.33 Å². The quantitative estimate of drug-likeness (QED) is 0.329. The van der Waals surface area contributed by atoms with E-state index in [1.165, 1.54) is 18.9 Å². The van der Waals surface area contributed by atoms with Crippen molar-refractivity contribution in [2.24, 2.45) is 5.73 Å². The van der Waals surface area contributed by atoms with Crippen LogP contribution in [0.4, 0.5) is 17.5 Å². The molecular weight excluding hydrogens is 498 g/mol. The van der Waals surface area contributed by atoms with Crippen LogP contribution in [0.2, 0.25) is 0 Å². The van der Waals surface area contributed by atoms with Crippen molar-refractivity contribution in [3.63, 3.8) is 0 Å². The summed E-state index contributed by atoms with van der Waals surface area (Å²) >= 11 is 0. The van der Waals surface area contributed by atoms with Gasteiger partial charge in [-0.15, -0.1) is 0 Å². The number of ether oxygens (including phenoxy) is 2. The Kier molecular flexibility index (Phi) is 8.25. The summed E-state index contributed by atoms with van der Waals surface area (Å²) in [7, 11) is 0. The van der Waals surface area contributed by atoms with Crippen LogP contribution in [0.25, 0.3) is 11.2 Å². The second-order valence-corrected chi connectivity index (χ2v) is 10.3. The Bertz CT molecular complexity index is 1290. The van der Waals surface area contributed by atoms with E-state index >= 15 is 0 Å². The smallest absolute Gasteiger partial charge is 0.338 e. The second-order valence-electron chi connectivity index (χ2n) is 10.3. The van der Waals surface area contributed by atoms with Gasteiger partial charge >= 0.3 is 11.9 Å². The molecule has 208 valence electrons. The molecule has 5 rings (SSSR count). The van der Waals surface area contributed by atoms with Gasteiger partial charge in [0.2, 0.25) is 5.95 Å². The third-order valence-electron chi connectivity index (χ3n) is 7.46. The van der Waals surface area contributed by atoms with Crippen LogP contribution in [0.5, 0.6) is 0 Å². The fraction of sp³-hybridized carbons (Fsp3) is 0.536.